The first-order chi connectivity index (χ1) is 22.9. The summed E-state index contributed by atoms with van der Waals surface area (Å²) in [6.07, 6.45) is 4.36. The Balaban J connectivity index is 1.16. The molecule has 3 aliphatic rings. The van der Waals surface area contributed by atoms with Gasteiger partial charge in [0.2, 0.25) is 11.8 Å². The van der Waals surface area contributed by atoms with Crippen molar-refractivity contribution in [2.24, 2.45) is 11.8 Å². The SMILES string of the molecule is C=C1CN[C@H](C2OCCN2C(=O)OCc2ccc(NC(=O)[C@H](C)CC(=O)[C@@H](NC(=O)CCCCCN3C(=O)C=CC3=O)C(C)C)cc2)C1. The van der Waals surface area contributed by atoms with Crippen molar-refractivity contribution in [1.29, 1.82) is 0 Å². The number of Topliss-reactive ketones (excluding diaryl/α,β-unsaturated/α-hetero) is 1. The maximum atomic E-state index is 13.1. The van der Waals surface area contributed by atoms with Crippen molar-refractivity contribution in [3.8, 4) is 0 Å². The highest BCUT2D eigenvalue weighted by Gasteiger charge is 2.38. The Labute approximate surface area is 281 Å². The van der Waals surface area contributed by atoms with Gasteiger partial charge in [0.05, 0.1) is 25.2 Å². The summed E-state index contributed by atoms with van der Waals surface area (Å²) in [6.45, 7) is 11.3. The molecule has 2 saturated heterocycles. The number of carbonyl (C=O) groups is 6. The molecule has 0 spiro atoms. The third-order valence-corrected chi connectivity index (χ3v) is 8.68. The second kappa shape index (κ2) is 17.2. The zero-order valence-electron chi connectivity index (χ0n) is 28.0. The van der Waals surface area contributed by atoms with E-state index in [0.29, 0.717) is 51.2 Å². The molecule has 2 fully saturated rings. The van der Waals surface area contributed by atoms with Gasteiger partial charge in [-0.2, -0.15) is 0 Å². The van der Waals surface area contributed by atoms with Crippen LogP contribution in [-0.2, 0) is 40.1 Å². The Morgan fingerprint density at radius 2 is 1.75 bits per heavy atom. The van der Waals surface area contributed by atoms with E-state index in [1.165, 1.54) is 17.1 Å². The summed E-state index contributed by atoms with van der Waals surface area (Å²) in [5.41, 5.74) is 2.37. The van der Waals surface area contributed by atoms with Gasteiger partial charge in [0.25, 0.3) is 11.8 Å². The average Bonchev–Trinajstić information content (AvgIpc) is 3.79. The number of unbranched alkanes of at least 4 members (excludes halogenated alkanes) is 2. The van der Waals surface area contributed by atoms with Crippen molar-refractivity contribution in [3.63, 3.8) is 0 Å². The molecule has 4 atom stereocenters. The van der Waals surface area contributed by atoms with E-state index in [2.05, 4.69) is 22.5 Å². The van der Waals surface area contributed by atoms with Gasteiger partial charge in [-0.25, -0.2) is 4.79 Å². The minimum Gasteiger partial charge on any atom is -0.444 e. The summed E-state index contributed by atoms with van der Waals surface area (Å²) >= 11 is 0. The van der Waals surface area contributed by atoms with E-state index in [-0.39, 0.29) is 60.8 Å². The molecule has 1 aromatic carbocycles. The minimum atomic E-state index is -0.725. The molecule has 4 rings (SSSR count). The summed E-state index contributed by atoms with van der Waals surface area (Å²) in [4.78, 5) is 77.4. The molecule has 3 aliphatic heterocycles. The van der Waals surface area contributed by atoms with Gasteiger partial charge in [0, 0.05) is 49.7 Å². The lowest BCUT2D eigenvalue weighted by atomic mass is 9.92. The Morgan fingerprint density at radius 1 is 1.04 bits per heavy atom. The molecule has 1 unspecified atom stereocenters. The quantitative estimate of drug-likeness (QED) is 0.137. The third kappa shape index (κ3) is 10.1. The molecule has 5 amide bonds. The van der Waals surface area contributed by atoms with Gasteiger partial charge in [0.1, 0.15) is 6.61 Å². The van der Waals surface area contributed by atoms with Crippen molar-refractivity contribution in [2.75, 3.05) is 31.6 Å². The van der Waals surface area contributed by atoms with Crippen LogP contribution < -0.4 is 16.0 Å². The van der Waals surface area contributed by atoms with E-state index in [4.69, 9.17) is 9.47 Å². The number of ether oxygens (including phenoxy) is 2. The van der Waals surface area contributed by atoms with Crippen LogP contribution in [0, 0.1) is 11.8 Å². The molecule has 3 heterocycles. The lowest BCUT2D eigenvalue weighted by Crippen LogP contribution is -2.47. The van der Waals surface area contributed by atoms with Crippen LogP contribution in [0.5, 0.6) is 0 Å². The fraction of sp³-hybridized carbons (Fsp3) is 0.543. The van der Waals surface area contributed by atoms with Crippen LogP contribution in [0.2, 0.25) is 0 Å². The predicted octanol–water partition coefficient (Wildman–Crippen LogP) is 3.06. The van der Waals surface area contributed by atoms with Gasteiger partial charge >= 0.3 is 6.09 Å². The first-order valence-electron chi connectivity index (χ1n) is 16.6. The summed E-state index contributed by atoms with van der Waals surface area (Å²) in [5, 5.41) is 8.96. The van der Waals surface area contributed by atoms with E-state index in [1.807, 2.05) is 13.8 Å². The second-order valence-electron chi connectivity index (χ2n) is 13.0. The zero-order chi connectivity index (χ0) is 34.8. The number of benzene rings is 1. The molecule has 0 saturated carbocycles. The minimum absolute atomic E-state index is 0.00271. The van der Waals surface area contributed by atoms with Crippen molar-refractivity contribution in [1.82, 2.24) is 20.4 Å². The van der Waals surface area contributed by atoms with Crippen molar-refractivity contribution >= 4 is 41.2 Å². The third-order valence-electron chi connectivity index (χ3n) is 8.68. The maximum Gasteiger partial charge on any atom is 0.412 e. The number of hydrogen-bond acceptors (Lipinski definition) is 9. The lowest BCUT2D eigenvalue weighted by molar-refractivity contribution is -0.137. The van der Waals surface area contributed by atoms with Crippen LogP contribution in [0.25, 0.3) is 0 Å². The van der Waals surface area contributed by atoms with Gasteiger partial charge in [-0.15, -0.1) is 0 Å². The number of amides is 5. The van der Waals surface area contributed by atoms with Gasteiger partial charge in [0.15, 0.2) is 12.0 Å². The van der Waals surface area contributed by atoms with Gasteiger partial charge < -0.3 is 25.4 Å². The molecule has 3 N–H and O–H groups in total. The predicted molar refractivity (Wildman–Crippen MR) is 177 cm³/mol. The fourth-order valence-corrected chi connectivity index (χ4v) is 5.90. The summed E-state index contributed by atoms with van der Waals surface area (Å²) in [7, 11) is 0. The molecular weight excluding hydrogens is 618 g/mol. The molecule has 0 aliphatic carbocycles. The van der Waals surface area contributed by atoms with Crippen molar-refractivity contribution in [3.05, 3.63) is 54.1 Å². The Morgan fingerprint density at radius 3 is 2.40 bits per heavy atom. The van der Waals surface area contributed by atoms with Crippen molar-refractivity contribution in [2.45, 2.75) is 84.2 Å². The lowest BCUT2D eigenvalue weighted by Gasteiger charge is -2.27. The normalized spacial score (nSPS) is 20.4. The standard InChI is InChI=1S/C35H47N5O8/c1-22(2)32(38-29(42)8-6-5-7-15-39-30(43)13-14-31(39)44)28(41)19-24(4)33(45)37-26-11-9-25(10-12-26)21-48-35(46)40-16-17-47-34(40)27-18-23(3)20-36-27/h9-14,22,24,27,32,34,36H,3,5-8,15-21H2,1-2,4H3,(H,37,45)(H,38,42)/t24-,27+,32+,34?/m1/s1. The molecule has 13 heteroatoms. The highest BCUT2D eigenvalue weighted by Crippen LogP contribution is 2.23. The molecule has 13 nitrogen and oxygen atoms in total. The highest BCUT2D eigenvalue weighted by molar-refractivity contribution is 6.12. The summed E-state index contributed by atoms with van der Waals surface area (Å²) < 4.78 is 11.3. The van der Waals surface area contributed by atoms with E-state index < -0.39 is 24.3 Å². The topological polar surface area (TPSA) is 163 Å². The van der Waals surface area contributed by atoms with Gasteiger partial charge in [-0.1, -0.05) is 51.5 Å². The first-order valence-corrected chi connectivity index (χ1v) is 16.6. The van der Waals surface area contributed by atoms with Crippen molar-refractivity contribution < 1.29 is 38.2 Å². The number of ketones is 1. The van der Waals surface area contributed by atoms with E-state index in [0.717, 1.165) is 17.6 Å². The molecular formula is C35H47N5O8. The highest BCUT2D eigenvalue weighted by atomic mass is 16.6. The van der Waals surface area contributed by atoms with Crippen LogP contribution >= 0.6 is 0 Å². The van der Waals surface area contributed by atoms with E-state index >= 15 is 0 Å². The number of nitrogens with zero attached hydrogens (tertiary/aromatic N) is 2. The fourth-order valence-electron chi connectivity index (χ4n) is 5.90. The van der Waals surface area contributed by atoms with Crippen LogP contribution in [0.15, 0.2) is 48.6 Å². The second-order valence-corrected chi connectivity index (χ2v) is 13.0. The Kier molecular flexibility index (Phi) is 13.0. The average molecular weight is 666 g/mol. The van der Waals surface area contributed by atoms with E-state index in [1.54, 1.807) is 36.1 Å². The molecule has 1 aromatic rings. The number of carbonyl (C=O) groups excluding carboxylic acids is 6. The smallest absolute Gasteiger partial charge is 0.412 e. The zero-order valence-corrected chi connectivity index (χ0v) is 28.0. The molecule has 260 valence electrons. The Bertz CT molecular complexity index is 1390. The molecule has 48 heavy (non-hydrogen) atoms. The van der Waals surface area contributed by atoms with Crippen LogP contribution in [0.1, 0.15) is 64.9 Å². The number of nitrogens with one attached hydrogen (secondary N) is 3. The number of imide groups is 1. The number of anilines is 1. The van der Waals surface area contributed by atoms with Crippen LogP contribution in [0.3, 0.4) is 0 Å². The number of rotatable bonds is 16. The van der Waals surface area contributed by atoms with Gasteiger partial charge in [-0.05, 0) is 42.9 Å². The molecule has 0 radical (unpaired) electrons. The molecule has 0 bridgehead atoms. The molecule has 0 aromatic heterocycles. The largest absolute Gasteiger partial charge is 0.444 e. The van der Waals surface area contributed by atoms with Crippen LogP contribution in [-0.4, -0.2) is 89.9 Å². The number of hydrogen-bond donors (Lipinski definition) is 3. The van der Waals surface area contributed by atoms with E-state index in [9.17, 15) is 28.8 Å². The monoisotopic (exact) mass is 665 g/mol. The van der Waals surface area contributed by atoms with Gasteiger partial charge in [-0.3, -0.25) is 33.8 Å². The Hall–Kier alpha value is -4.36. The van der Waals surface area contributed by atoms with Crippen LogP contribution in [0.4, 0.5) is 10.5 Å². The summed E-state index contributed by atoms with van der Waals surface area (Å²) in [6, 6.07) is 6.20. The first kappa shape index (κ1) is 36.5. The summed E-state index contributed by atoms with van der Waals surface area (Å²) in [5.74, 6) is -2.25. The maximum absolute atomic E-state index is 13.1.